The number of amides is 1. The van der Waals surface area contributed by atoms with Gasteiger partial charge in [-0.05, 0) is 38.8 Å². The Morgan fingerprint density at radius 3 is 2.54 bits per heavy atom. The topological polar surface area (TPSA) is 93.5 Å². The zero-order valence-electron chi connectivity index (χ0n) is 16.4. The molecule has 0 spiro atoms. The summed E-state index contributed by atoms with van der Waals surface area (Å²) in [6.07, 6.45) is 2.78. The average molecular weight is 407 g/mol. The highest BCUT2D eigenvalue weighted by atomic mass is 32.2. The van der Waals surface area contributed by atoms with E-state index < -0.39 is 10.0 Å². The minimum Gasteiger partial charge on any atom is -0.495 e. The highest BCUT2D eigenvalue weighted by Gasteiger charge is 2.32. The van der Waals surface area contributed by atoms with Gasteiger partial charge >= 0.3 is 0 Å². The fourth-order valence-electron chi connectivity index (χ4n) is 3.52. The van der Waals surface area contributed by atoms with Gasteiger partial charge in [-0.3, -0.25) is 9.48 Å². The number of nitrogens with one attached hydrogen (secondary N) is 1. The first-order valence-electron chi connectivity index (χ1n) is 9.31. The highest BCUT2D eigenvalue weighted by molar-refractivity contribution is 7.89. The summed E-state index contributed by atoms with van der Waals surface area (Å²) in [4.78, 5) is 12.7. The van der Waals surface area contributed by atoms with Gasteiger partial charge in [0.2, 0.25) is 15.9 Å². The lowest BCUT2D eigenvalue weighted by Gasteiger charge is -2.25. The van der Waals surface area contributed by atoms with Crippen molar-refractivity contribution in [3.05, 3.63) is 35.7 Å². The van der Waals surface area contributed by atoms with Crippen molar-refractivity contribution >= 4 is 21.6 Å². The normalized spacial score (nSPS) is 15.4. The molecule has 1 saturated heterocycles. The van der Waals surface area contributed by atoms with E-state index in [1.54, 1.807) is 32.0 Å². The van der Waals surface area contributed by atoms with Crippen LogP contribution in [0.1, 0.15) is 30.7 Å². The summed E-state index contributed by atoms with van der Waals surface area (Å²) in [5.74, 6) is 0.245. The number of hydrogen-bond donors (Lipinski definition) is 1. The number of rotatable bonds is 6. The van der Waals surface area contributed by atoms with Crippen molar-refractivity contribution in [3.63, 3.8) is 0 Å². The van der Waals surface area contributed by atoms with Crippen molar-refractivity contribution in [1.82, 2.24) is 14.1 Å². The van der Waals surface area contributed by atoms with Gasteiger partial charge in [-0.2, -0.15) is 9.40 Å². The summed E-state index contributed by atoms with van der Waals surface area (Å²) < 4.78 is 34.3. The maximum atomic E-state index is 13.1. The first-order valence-corrected chi connectivity index (χ1v) is 10.8. The Balaban J connectivity index is 1.81. The number of nitrogens with zero attached hydrogens (tertiary/aromatic N) is 3. The summed E-state index contributed by atoms with van der Waals surface area (Å²) >= 11 is 0. The number of para-hydroxylation sites is 2. The van der Waals surface area contributed by atoms with Crippen LogP contribution in [0.15, 0.2) is 29.2 Å². The molecule has 1 aliphatic rings. The van der Waals surface area contributed by atoms with Gasteiger partial charge in [0.1, 0.15) is 17.2 Å². The van der Waals surface area contributed by atoms with E-state index in [1.807, 2.05) is 6.07 Å². The Morgan fingerprint density at radius 2 is 1.86 bits per heavy atom. The van der Waals surface area contributed by atoms with Crippen molar-refractivity contribution in [3.8, 4) is 5.75 Å². The van der Waals surface area contributed by atoms with E-state index in [0.29, 0.717) is 35.9 Å². The van der Waals surface area contributed by atoms with Gasteiger partial charge in [-0.1, -0.05) is 18.6 Å². The van der Waals surface area contributed by atoms with E-state index in [1.165, 1.54) is 16.1 Å². The molecule has 1 fully saturated rings. The zero-order chi connectivity index (χ0) is 20.3. The lowest BCUT2D eigenvalue weighted by atomic mass is 10.2. The molecule has 1 aromatic carbocycles. The number of carbonyl (C=O) groups is 1. The molecule has 1 amide bonds. The van der Waals surface area contributed by atoms with Crippen molar-refractivity contribution in [2.75, 3.05) is 25.5 Å². The van der Waals surface area contributed by atoms with Crippen molar-refractivity contribution in [2.24, 2.45) is 0 Å². The number of hydrogen-bond acceptors (Lipinski definition) is 5. The van der Waals surface area contributed by atoms with E-state index in [0.717, 1.165) is 19.3 Å². The van der Waals surface area contributed by atoms with Gasteiger partial charge in [0.15, 0.2) is 0 Å². The molecule has 3 rings (SSSR count). The number of methoxy groups -OCH3 is 1. The molecule has 0 aliphatic carbocycles. The van der Waals surface area contributed by atoms with Crippen LogP contribution >= 0.6 is 0 Å². The molecule has 0 atom stereocenters. The Labute approximate surface area is 165 Å². The maximum Gasteiger partial charge on any atom is 0.246 e. The largest absolute Gasteiger partial charge is 0.495 e. The SMILES string of the molecule is COc1ccccc1NC(=O)Cn1nc(C)c(S(=O)(=O)N2CCCCC2)c1C. The number of ether oxygens (including phenoxy) is 1. The Bertz CT molecular complexity index is 962. The third-order valence-corrected chi connectivity index (χ3v) is 7.05. The first kappa shape index (κ1) is 20.3. The zero-order valence-corrected chi connectivity index (χ0v) is 17.3. The highest BCUT2D eigenvalue weighted by Crippen LogP contribution is 2.26. The van der Waals surface area contributed by atoms with Crippen molar-refractivity contribution in [1.29, 1.82) is 0 Å². The third-order valence-electron chi connectivity index (χ3n) is 4.90. The van der Waals surface area contributed by atoms with Crippen LogP contribution in [-0.2, 0) is 21.4 Å². The predicted molar refractivity (Wildman–Crippen MR) is 106 cm³/mol. The molecule has 1 aromatic heterocycles. The lowest BCUT2D eigenvalue weighted by molar-refractivity contribution is -0.117. The number of sulfonamides is 1. The van der Waals surface area contributed by atoms with Crippen LogP contribution in [-0.4, -0.2) is 48.6 Å². The first-order chi connectivity index (χ1) is 13.3. The standard InChI is InChI=1S/C19H26N4O4S/c1-14-19(28(25,26)22-11-7-4-8-12-22)15(2)23(21-14)13-18(24)20-16-9-5-6-10-17(16)27-3/h5-6,9-10H,4,7-8,11-13H2,1-3H3,(H,20,24). The number of carbonyl (C=O) groups excluding carboxylic acids is 1. The van der Waals surface area contributed by atoms with Crippen LogP contribution in [0, 0.1) is 13.8 Å². The van der Waals surface area contributed by atoms with Crippen LogP contribution < -0.4 is 10.1 Å². The Hall–Kier alpha value is -2.39. The molecular formula is C19H26N4O4S. The van der Waals surface area contributed by atoms with Crippen molar-refractivity contribution in [2.45, 2.75) is 44.6 Å². The quantitative estimate of drug-likeness (QED) is 0.795. The smallest absolute Gasteiger partial charge is 0.246 e. The van der Waals surface area contributed by atoms with Gasteiger partial charge in [-0.25, -0.2) is 8.42 Å². The molecular weight excluding hydrogens is 380 g/mol. The van der Waals surface area contributed by atoms with Crippen LogP contribution in [0.25, 0.3) is 0 Å². The number of aryl methyl sites for hydroxylation is 1. The fourth-order valence-corrected chi connectivity index (χ4v) is 5.41. The van der Waals surface area contributed by atoms with Crippen molar-refractivity contribution < 1.29 is 17.9 Å². The number of piperidine rings is 1. The number of anilines is 1. The minimum absolute atomic E-state index is 0.0831. The summed E-state index contributed by atoms with van der Waals surface area (Å²) in [6, 6.07) is 7.10. The maximum absolute atomic E-state index is 13.1. The number of benzene rings is 1. The van der Waals surface area contributed by atoms with E-state index in [2.05, 4.69) is 10.4 Å². The molecule has 152 valence electrons. The predicted octanol–water partition coefficient (Wildman–Crippen LogP) is 2.32. The van der Waals surface area contributed by atoms with Gasteiger partial charge in [0.05, 0.1) is 24.2 Å². The second-order valence-corrected chi connectivity index (χ2v) is 8.75. The van der Waals surface area contributed by atoms with Crippen LogP contribution in [0.3, 0.4) is 0 Å². The molecule has 9 heteroatoms. The average Bonchev–Trinajstić information content (AvgIpc) is 2.96. The summed E-state index contributed by atoms with van der Waals surface area (Å²) in [6.45, 7) is 4.33. The van der Waals surface area contributed by atoms with E-state index >= 15 is 0 Å². The van der Waals surface area contributed by atoms with E-state index in [4.69, 9.17) is 4.74 Å². The molecule has 28 heavy (non-hydrogen) atoms. The Kier molecular flexibility index (Phi) is 6.04. The van der Waals surface area contributed by atoms with Crippen LogP contribution in [0.4, 0.5) is 5.69 Å². The molecule has 1 aliphatic heterocycles. The number of aromatic nitrogens is 2. The minimum atomic E-state index is -3.61. The molecule has 0 unspecified atom stereocenters. The van der Waals surface area contributed by atoms with E-state index in [9.17, 15) is 13.2 Å². The molecule has 2 heterocycles. The van der Waals surface area contributed by atoms with Crippen LogP contribution in [0.5, 0.6) is 5.75 Å². The molecule has 2 aromatic rings. The summed E-state index contributed by atoms with van der Waals surface area (Å²) in [7, 11) is -2.08. The van der Waals surface area contributed by atoms with Gasteiger partial charge in [-0.15, -0.1) is 0 Å². The summed E-state index contributed by atoms with van der Waals surface area (Å²) in [5, 5.41) is 7.10. The molecule has 8 nitrogen and oxygen atoms in total. The van der Waals surface area contributed by atoms with Gasteiger partial charge < -0.3 is 10.1 Å². The Morgan fingerprint density at radius 1 is 1.18 bits per heavy atom. The molecule has 0 radical (unpaired) electrons. The molecule has 0 bridgehead atoms. The molecule has 1 N–H and O–H groups in total. The third kappa shape index (κ3) is 4.05. The van der Waals surface area contributed by atoms with Gasteiger partial charge in [0.25, 0.3) is 0 Å². The lowest BCUT2D eigenvalue weighted by Crippen LogP contribution is -2.36. The monoisotopic (exact) mass is 406 g/mol. The van der Waals surface area contributed by atoms with Gasteiger partial charge in [0, 0.05) is 13.1 Å². The summed E-state index contributed by atoms with van der Waals surface area (Å²) in [5.41, 5.74) is 1.43. The molecule has 0 saturated carbocycles. The second-order valence-electron chi connectivity index (χ2n) is 6.87. The second kappa shape index (κ2) is 8.32. The van der Waals surface area contributed by atoms with Crippen LogP contribution in [0.2, 0.25) is 0 Å². The van der Waals surface area contributed by atoms with E-state index in [-0.39, 0.29) is 17.3 Å². The fraction of sp³-hybridized carbons (Fsp3) is 0.474.